The Kier molecular flexibility index (Phi) is 5.46. The Bertz CT molecular complexity index is 729. The van der Waals surface area contributed by atoms with Crippen molar-refractivity contribution in [3.05, 3.63) is 28.8 Å². The van der Waals surface area contributed by atoms with Crippen LogP contribution in [0.5, 0.6) is 0 Å². The molecule has 1 fully saturated rings. The lowest BCUT2D eigenvalue weighted by molar-refractivity contribution is -0.137. The molecular formula is C14H16ClF3N2O3S. The third kappa shape index (κ3) is 3.84. The predicted molar refractivity (Wildman–Crippen MR) is 82.1 cm³/mol. The van der Waals surface area contributed by atoms with Crippen molar-refractivity contribution >= 4 is 27.5 Å². The number of halogens is 4. The Labute approximate surface area is 143 Å². The molecule has 0 atom stereocenters. The summed E-state index contributed by atoms with van der Waals surface area (Å²) in [5, 5.41) is -0.268. The SMILES string of the molecule is CCC(=O)N1CCN(S(=O)(=O)c2cc(C(F)(F)F)ccc2Cl)CC1. The molecule has 1 heterocycles. The highest BCUT2D eigenvalue weighted by molar-refractivity contribution is 7.89. The van der Waals surface area contributed by atoms with Crippen molar-refractivity contribution < 1.29 is 26.4 Å². The topological polar surface area (TPSA) is 57.7 Å². The molecule has 0 aliphatic carbocycles. The molecular weight excluding hydrogens is 369 g/mol. The first-order valence-electron chi connectivity index (χ1n) is 7.22. The second-order valence-corrected chi connectivity index (χ2v) is 7.59. The van der Waals surface area contributed by atoms with Gasteiger partial charge in [-0.1, -0.05) is 18.5 Å². The largest absolute Gasteiger partial charge is 0.416 e. The van der Waals surface area contributed by atoms with Gasteiger partial charge in [0.25, 0.3) is 0 Å². The summed E-state index contributed by atoms with van der Waals surface area (Å²) >= 11 is 5.81. The van der Waals surface area contributed by atoms with Crippen molar-refractivity contribution in [2.75, 3.05) is 26.2 Å². The zero-order chi connectivity index (χ0) is 18.1. The number of carbonyl (C=O) groups is 1. The molecule has 1 aliphatic heterocycles. The fourth-order valence-corrected chi connectivity index (χ4v) is 4.34. The molecule has 10 heteroatoms. The van der Waals surface area contributed by atoms with Crippen LogP contribution in [0.1, 0.15) is 18.9 Å². The van der Waals surface area contributed by atoms with E-state index in [2.05, 4.69) is 0 Å². The molecule has 0 spiro atoms. The third-order valence-corrected chi connectivity index (χ3v) is 6.15. The van der Waals surface area contributed by atoms with Crippen LogP contribution in [0, 0.1) is 0 Å². The van der Waals surface area contributed by atoms with E-state index in [9.17, 15) is 26.4 Å². The number of hydrogen-bond donors (Lipinski definition) is 0. The maximum absolute atomic E-state index is 12.8. The van der Waals surface area contributed by atoms with Gasteiger partial charge in [-0.15, -0.1) is 0 Å². The van der Waals surface area contributed by atoms with Gasteiger partial charge in [-0.2, -0.15) is 17.5 Å². The van der Waals surface area contributed by atoms with E-state index >= 15 is 0 Å². The van der Waals surface area contributed by atoms with E-state index in [0.29, 0.717) is 12.5 Å². The first-order valence-corrected chi connectivity index (χ1v) is 9.04. The molecule has 1 aromatic rings. The molecule has 0 N–H and O–H groups in total. The number of rotatable bonds is 3. The molecule has 134 valence electrons. The van der Waals surface area contributed by atoms with E-state index in [0.717, 1.165) is 16.4 Å². The minimum atomic E-state index is -4.67. The lowest BCUT2D eigenvalue weighted by atomic mass is 10.2. The number of benzene rings is 1. The predicted octanol–water partition coefficient (Wildman–Crippen LogP) is 2.60. The van der Waals surface area contributed by atoms with Crippen LogP contribution in [0.25, 0.3) is 0 Å². The van der Waals surface area contributed by atoms with Crippen LogP contribution in [-0.2, 0) is 21.0 Å². The van der Waals surface area contributed by atoms with E-state index in [1.54, 1.807) is 6.92 Å². The van der Waals surface area contributed by atoms with Crippen LogP contribution in [0.15, 0.2) is 23.1 Å². The third-order valence-electron chi connectivity index (χ3n) is 3.77. The van der Waals surface area contributed by atoms with Gasteiger partial charge in [0.1, 0.15) is 4.90 Å². The van der Waals surface area contributed by atoms with Crippen molar-refractivity contribution in [2.24, 2.45) is 0 Å². The van der Waals surface area contributed by atoms with Gasteiger partial charge in [-0.05, 0) is 18.2 Å². The lowest BCUT2D eigenvalue weighted by Gasteiger charge is -2.34. The van der Waals surface area contributed by atoms with Gasteiger partial charge < -0.3 is 4.90 Å². The first-order chi connectivity index (χ1) is 11.1. The number of hydrogen-bond acceptors (Lipinski definition) is 3. The maximum atomic E-state index is 12.8. The highest BCUT2D eigenvalue weighted by Crippen LogP contribution is 2.34. The second kappa shape index (κ2) is 6.89. The first kappa shape index (κ1) is 19.0. The molecule has 0 bridgehead atoms. The molecule has 5 nitrogen and oxygen atoms in total. The molecule has 24 heavy (non-hydrogen) atoms. The monoisotopic (exact) mass is 384 g/mol. The zero-order valence-electron chi connectivity index (χ0n) is 12.8. The number of sulfonamides is 1. The van der Waals surface area contributed by atoms with Crippen molar-refractivity contribution in [3.63, 3.8) is 0 Å². The molecule has 0 saturated carbocycles. The Morgan fingerprint density at radius 2 is 1.79 bits per heavy atom. The molecule has 0 aromatic heterocycles. The molecule has 1 amide bonds. The van der Waals surface area contributed by atoms with Crippen LogP contribution < -0.4 is 0 Å². The highest BCUT2D eigenvalue weighted by Gasteiger charge is 2.35. The fraction of sp³-hybridized carbons (Fsp3) is 0.500. The van der Waals surface area contributed by atoms with Gasteiger partial charge >= 0.3 is 6.18 Å². The van der Waals surface area contributed by atoms with E-state index < -0.39 is 26.7 Å². The quantitative estimate of drug-likeness (QED) is 0.805. The van der Waals surface area contributed by atoms with E-state index in [1.807, 2.05) is 0 Å². The molecule has 1 aromatic carbocycles. The van der Waals surface area contributed by atoms with Crippen LogP contribution in [-0.4, -0.2) is 49.7 Å². The molecule has 0 radical (unpaired) electrons. The van der Waals surface area contributed by atoms with Crippen molar-refractivity contribution in [1.29, 1.82) is 0 Å². The fourth-order valence-electron chi connectivity index (χ4n) is 2.42. The van der Waals surface area contributed by atoms with Crippen LogP contribution in [0.4, 0.5) is 13.2 Å². The van der Waals surface area contributed by atoms with Gasteiger partial charge in [0.2, 0.25) is 15.9 Å². The van der Waals surface area contributed by atoms with E-state index in [-0.39, 0.29) is 37.1 Å². The molecule has 1 saturated heterocycles. The van der Waals surface area contributed by atoms with Gasteiger partial charge in [0.05, 0.1) is 10.6 Å². The molecule has 2 rings (SSSR count). The Balaban J connectivity index is 2.27. The maximum Gasteiger partial charge on any atom is 0.416 e. The summed E-state index contributed by atoms with van der Waals surface area (Å²) in [6.07, 6.45) is -4.35. The normalized spacial score (nSPS) is 17.1. The average molecular weight is 385 g/mol. The van der Waals surface area contributed by atoms with Crippen molar-refractivity contribution in [2.45, 2.75) is 24.4 Å². The zero-order valence-corrected chi connectivity index (χ0v) is 14.4. The highest BCUT2D eigenvalue weighted by atomic mass is 35.5. The number of amides is 1. The van der Waals surface area contributed by atoms with Gasteiger partial charge in [0.15, 0.2) is 0 Å². The van der Waals surface area contributed by atoms with Crippen molar-refractivity contribution in [1.82, 2.24) is 9.21 Å². The summed E-state index contributed by atoms with van der Waals surface area (Å²) in [6, 6.07) is 2.20. The summed E-state index contributed by atoms with van der Waals surface area (Å²) in [5.74, 6) is -0.0934. The van der Waals surface area contributed by atoms with Crippen LogP contribution >= 0.6 is 11.6 Å². The number of nitrogens with zero attached hydrogens (tertiary/aromatic N) is 2. The summed E-state index contributed by atoms with van der Waals surface area (Å²) in [4.78, 5) is 12.6. The standard InChI is InChI=1S/C14H16ClF3N2O3S/c1-2-13(21)19-5-7-20(8-6-19)24(22,23)12-9-10(14(16,17)18)3-4-11(12)15/h3-4,9H,2,5-8H2,1H3. The average Bonchev–Trinajstić information content (AvgIpc) is 2.53. The smallest absolute Gasteiger partial charge is 0.340 e. The summed E-state index contributed by atoms with van der Waals surface area (Å²) in [6.45, 7) is 2.13. The minimum Gasteiger partial charge on any atom is -0.340 e. The van der Waals surface area contributed by atoms with E-state index in [1.165, 1.54) is 4.90 Å². The van der Waals surface area contributed by atoms with Gasteiger partial charge in [-0.3, -0.25) is 4.79 Å². The summed E-state index contributed by atoms with van der Waals surface area (Å²) < 4.78 is 64.7. The summed E-state index contributed by atoms with van der Waals surface area (Å²) in [7, 11) is -4.17. The Morgan fingerprint density at radius 3 is 2.29 bits per heavy atom. The van der Waals surface area contributed by atoms with Gasteiger partial charge in [0, 0.05) is 32.6 Å². The number of piperazine rings is 1. The number of carbonyl (C=O) groups excluding carboxylic acids is 1. The number of alkyl halides is 3. The molecule has 1 aliphatic rings. The molecule has 0 unspecified atom stereocenters. The summed E-state index contributed by atoms with van der Waals surface area (Å²) in [5.41, 5.74) is -1.08. The van der Waals surface area contributed by atoms with Gasteiger partial charge in [-0.25, -0.2) is 8.42 Å². The van der Waals surface area contributed by atoms with Crippen LogP contribution in [0.2, 0.25) is 5.02 Å². The minimum absolute atomic E-state index is 0.0145. The second-order valence-electron chi connectivity index (χ2n) is 5.28. The van der Waals surface area contributed by atoms with Crippen LogP contribution in [0.3, 0.4) is 0 Å². The van der Waals surface area contributed by atoms with E-state index in [4.69, 9.17) is 11.6 Å². The Morgan fingerprint density at radius 1 is 1.21 bits per heavy atom. The Hall–Kier alpha value is -1.32. The lowest BCUT2D eigenvalue weighted by Crippen LogP contribution is -2.50. The van der Waals surface area contributed by atoms with Crippen molar-refractivity contribution in [3.8, 4) is 0 Å².